The number of carbonyl (C=O) groups is 2. The highest BCUT2D eigenvalue weighted by Crippen LogP contribution is 2.20. The average molecular weight is 289 g/mol. The van der Waals surface area contributed by atoms with Crippen molar-refractivity contribution in [2.75, 3.05) is 40.1 Å². The minimum absolute atomic E-state index is 0.0407. The van der Waals surface area contributed by atoms with Crippen LogP contribution >= 0.6 is 0 Å². The number of aldehydes is 1. The second-order valence-corrected chi connectivity index (χ2v) is 6.38. The van der Waals surface area contributed by atoms with Gasteiger partial charge in [0.1, 0.15) is 12.9 Å². The van der Waals surface area contributed by atoms with Gasteiger partial charge in [-0.15, -0.1) is 0 Å². The summed E-state index contributed by atoms with van der Waals surface area (Å²) >= 11 is 0. The lowest BCUT2D eigenvalue weighted by Crippen LogP contribution is -2.34. The maximum Gasteiger partial charge on any atom is 0.407 e. The molecule has 0 aromatic carbocycles. The normalized spacial score (nSPS) is 12.1. The number of hydrogen-bond donors (Lipinski definition) is 1. The van der Waals surface area contributed by atoms with Crippen molar-refractivity contribution in [1.29, 1.82) is 0 Å². The van der Waals surface area contributed by atoms with Crippen LogP contribution in [0.25, 0.3) is 0 Å². The fourth-order valence-electron chi connectivity index (χ4n) is 1.51. The topological polar surface area (TPSA) is 73.9 Å². The Labute approximate surface area is 121 Å². The van der Waals surface area contributed by atoms with Crippen molar-refractivity contribution in [3.05, 3.63) is 0 Å². The molecule has 0 aromatic rings. The Morgan fingerprint density at radius 3 is 2.10 bits per heavy atom. The highest BCUT2D eigenvalue weighted by atomic mass is 16.6. The standard InChI is InChI=1S/C14H27NO5/c1-13(2,8-18-5)9-19-10-14(3,4)11-20-12(17)15-6-7-16/h7H,6,8-11H2,1-5H3,(H,15,17). The van der Waals surface area contributed by atoms with E-state index < -0.39 is 6.09 Å². The van der Waals surface area contributed by atoms with E-state index in [1.54, 1.807) is 7.11 Å². The van der Waals surface area contributed by atoms with Crippen molar-refractivity contribution in [2.45, 2.75) is 27.7 Å². The first-order chi connectivity index (χ1) is 9.22. The second kappa shape index (κ2) is 8.92. The van der Waals surface area contributed by atoms with Crippen LogP contribution in [0.3, 0.4) is 0 Å². The number of nitrogens with one attached hydrogen (secondary N) is 1. The van der Waals surface area contributed by atoms with Crippen LogP contribution in [0.15, 0.2) is 0 Å². The summed E-state index contributed by atoms with van der Waals surface area (Å²) in [5.41, 5.74) is -0.339. The van der Waals surface area contributed by atoms with Gasteiger partial charge in [-0.2, -0.15) is 0 Å². The minimum Gasteiger partial charge on any atom is -0.449 e. The van der Waals surface area contributed by atoms with E-state index >= 15 is 0 Å². The van der Waals surface area contributed by atoms with Gasteiger partial charge in [0, 0.05) is 17.9 Å². The SMILES string of the molecule is COCC(C)(C)COCC(C)(C)COC(=O)NCC=O. The summed E-state index contributed by atoms with van der Waals surface area (Å²) in [6.07, 6.45) is 0.0119. The Balaban J connectivity index is 3.95. The molecule has 0 heterocycles. The maximum absolute atomic E-state index is 11.2. The molecule has 118 valence electrons. The summed E-state index contributed by atoms with van der Waals surface area (Å²) in [7, 11) is 1.66. The molecule has 0 fully saturated rings. The molecule has 0 aliphatic heterocycles. The molecule has 6 heteroatoms. The van der Waals surface area contributed by atoms with Crippen molar-refractivity contribution in [1.82, 2.24) is 5.32 Å². The summed E-state index contributed by atoms with van der Waals surface area (Å²) in [5.74, 6) is 0. The highest BCUT2D eigenvalue weighted by Gasteiger charge is 2.24. The Morgan fingerprint density at radius 2 is 1.60 bits per heavy atom. The smallest absolute Gasteiger partial charge is 0.407 e. The number of ether oxygens (including phenoxy) is 3. The van der Waals surface area contributed by atoms with Crippen molar-refractivity contribution in [3.63, 3.8) is 0 Å². The van der Waals surface area contributed by atoms with Crippen LogP contribution in [0.5, 0.6) is 0 Å². The Hall–Kier alpha value is -1.14. The first-order valence-corrected chi connectivity index (χ1v) is 6.63. The van der Waals surface area contributed by atoms with E-state index in [0.717, 1.165) is 0 Å². The summed E-state index contributed by atoms with van der Waals surface area (Å²) < 4.78 is 15.8. The Morgan fingerprint density at radius 1 is 1.05 bits per heavy atom. The Bertz CT molecular complexity index is 302. The minimum atomic E-state index is -0.593. The van der Waals surface area contributed by atoms with E-state index in [9.17, 15) is 9.59 Å². The van der Waals surface area contributed by atoms with E-state index in [4.69, 9.17) is 14.2 Å². The molecule has 1 amide bonds. The number of amides is 1. The summed E-state index contributed by atoms with van der Waals surface area (Å²) in [6, 6.07) is 0. The van der Waals surface area contributed by atoms with Gasteiger partial charge in [0.25, 0.3) is 0 Å². The molecule has 0 rings (SSSR count). The third kappa shape index (κ3) is 9.75. The molecular weight excluding hydrogens is 262 g/mol. The van der Waals surface area contributed by atoms with E-state index in [1.165, 1.54) is 0 Å². The number of alkyl carbamates (subject to hydrolysis) is 1. The first-order valence-electron chi connectivity index (χ1n) is 6.63. The Kier molecular flexibility index (Phi) is 8.41. The number of methoxy groups -OCH3 is 1. The largest absolute Gasteiger partial charge is 0.449 e. The predicted octanol–water partition coefficient (Wildman–Crippen LogP) is 1.63. The zero-order valence-electron chi connectivity index (χ0n) is 13.2. The van der Waals surface area contributed by atoms with Gasteiger partial charge in [-0.3, -0.25) is 0 Å². The quantitative estimate of drug-likeness (QED) is 0.619. The van der Waals surface area contributed by atoms with Crippen LogP contribution in [0.2, 0.25) is 0 Å². The van der Waals surface area contributed by atoms with Crippen molar-refractivity contribution in [3.8, 4) is 0 Å². The fourth-order valence-corrected chi connectivity index (χ4v) is 1.51. The van der Waals surface area contributed by atoms with Gasteiger partial charge in [-0.1, -0.05) is 27.7 Å². The molecule has 0 spiro atoms. The molecule has 0 aromatic heterocycles. The lowest BCUT2D eigenvalue weighted by atomic mass is 9.94. The van der Waals surface area contributed by atoms with Gasteiger partial charge in [0.15, 0.2) is 0 Å². The predicted molar refractivity (Wildman–Crippen MR) is 75.7 cm³/mol. The average Bonchev–Trinajstić information content (AvgIpc) is 2.33. The van der Waals surface area contributed by atoms with Gasteiger partial charge in [-0.05, 0) is 0 Å². The molecule has 20 heavy (non-hydrogen) atoms. The van der Waals surface area contributed by atoms with Gasteiger partial charge in [0.05, 0.1) is 26.4 Å². The molecule has 0 bridgehead atoms. The molecule has 0 unspecified atom stereocenters. The lowest BCUT2D eigenvalue weighted by molar-refractivity contribution is -0.107. The molecule has 0 aliphatic carbocycles. The van der Waals surface area contributed by atoms with Crippen LogP contribution in [0.1, 0.15) is 27.7 Å². The monoisotopic (exact) mass is 289 g/mol. The lowest BCUT2D eigenvalue weighted by Gasteiger charge is -2.28. The fraction of sp³-hybridized carbons (Fsp3) is 0.857. The summed E-state index contributed by atoms with van der Waals surface area (Å²) in [5, 5.41) is 2.32. The summed E-state index contributed by atoms with van der Waals surface area (Å²) in [6.45, 7) is 9.87. The van der Waals surface area contributed by atoms with Crippen LogP contribution in [-0.2, 0) is 19.0 Å². The van der Waals surface area contributed by atoms with Gasteiger partial charge in [-0.25, -0.2) is 4.79 Å². The first kappa shape index (κ1) is 18.9. The summed E-state index contributed by atoms with van der Waals surface area (Å²) in [4.78, 5) is 21.3. The number of hydrogen-bond acceptors (Lipinski definition) is 5. The van der Waals surface area contributed by atoms with Crippen LogP contribution in [-0.4, -0.2) is 52.5 Å². The van der Waals surface area contributed by atoms with E-state index in [0.29, 0.717) is 26.1 Å². The zero-order chi connectivity index (χ0) is 15.6. The van der Waals surface area contributed by atoms with Crippen molar-refractivity contribution in [2.24, 2.45) is 10.8 Å². The second-order valence-electron chi connectivity index (χ2n) is 6.38. The molecule has 0 radical (unpaired) electrons. The van der Waals surface area contributed by atoms with E-state index in [2.05, 4.69) is 19.2 Å². The van der Waals surface area contributed by atoms with Gasteiger partial charge < -0.3 is 24.3 Å². The molecule has 0 saturated heterocycles. The van der Waals surface area contributed by atoms with E-state index in [-0.39, 0.29) is 24.0 Å². The third-order valence-corrected chi connectivity index (χ3v) is 2.44. The maximum atomic E-state index is 11.2. The highest BCUT2D eigenvalue weighted by molar-refractivity contribution is 5.70. The van der Waals surface area contributed by atoms with Crippen molar-refractivity contribution < 1.29 is 23.8 Å². The molecule has 6 nitrogen and oxygen atoms in total. The molecule has 1 N–H and O–H groups in total. The van der Waals surface area contributed by atoms with Gasteiger partial charge in [0.2, 0.25) is 0 Å². The number of carbonyl (C=O) groups excluding carboxylic acids is 2. The van der Waals surface area contributed by atoms with Crippen molar-refractivity contribution >= 4 is 12.4 Å². The molecule has 0 atom stereocenters. The van der Waals surface area contributed by atoms with Gasteiger partial charge >= 0.3 is 6.09 Å². The van der Waals surface area contributed by atoms with Crippen LogP contribution in [0, 0.1) is 10.8 Å². The molecular formula is C14H27NO5. The molecule has 0 saturated carbocycles. The molecule has 0 aliphatic rings. The number of rotatable bonds is 10. The zero-order valence-corrected chi connectivity index (χ0v) is 13.2. The van der Waals surface area contributed by atoms with Crippen LogP contribution in [0.4, 0.5) is 4.79 Å². The van der Waals surface area contributed by atoms with E-state index in [1.807, 2.05) is 13.8 Å². The third-order valence-electron chi connectivity index (χ3n) is 2.44. The van der Waals surface area contributed by atoms with Crippen LogP contribution < -0.4 is 5.32 Å².